The number of hydrogen-bond acceptors (Lipinski definition) is 1. The normalized spacial score (nSPS) is 8.83. The molecule has 0 aliphatic heterocycles. The lowest BCUT2D eigenvalue weighted by molar-refractivity contribution is -0.112. The van der Waals surface area contributed by atoms with E-state index in [1.807, 2.05) is 6.08 Å². The number of carbonyl (C=O) groups is 1. The molecule has 0 radical (unpaired) electrons. The fourth-order valence-electron chi connectivity index (χ4n) is 0.761. The number of unbranched alkanes of at least 4 members (excludes halogenated alkanes) is 3. The molecule has 1 nitrogen and oxygen atoms in total. The smallest absolute Gasteiger partial charge is 0.152 e. The molecule has 0 fully saturated rings. The summed E-state index contributed by atoms with van der Waals surface area (Å²) in [5.41, 5.74) is 0. The molecular weight excluding hydrogens is 195 g/mol. The minimum Gasteiger partial charge on any atom is -0.295 e. The summed E-state index contributed by atoms with van der Waals surface area (Å²) >= 11 is 0. The van der Waals surface area contributed by atoms with E-state index in [9.17, 15) is 4.79 Å². The summed E-state index contributed by atoms with van der Waals surface area (Å²) in [5.74, 6) is 0.150. The van der Waals surface area contributed by atoms with Crippen LogP contribution in [-0.4, -0.2) is 5.78 Å². The zero-order valence-corrected chi connectivity index (χ0v) is 9.34. The third kappa shape index (κ3) is 16.5. The lowest BCUT2D eigenvalue weighted by Crippen LogP contribution is -1.79. The summed E-state index contributed by atoms with van der Waals surface area (Å²) in [5, 5.41) is 0. The largest absolute Gasteiger partial charge is 0.295 e. The zero-order chi connectivity index (χ0) is 7.82. The molecule has 0 N–H and O–H groups in total. The van der Waals surface area contributed by atoms with E-state index in [4.69, 9.17) is 0 Å². The average Bonchev–Trinajstić information content (AvgIpc) is 1.87. The van der Waals surface area contributed by atoms with Gasteiger partial charge in [-0.25, -0.2) is 0 Å². The number of allylic oxidation sites excluding steroid dienone is 2. The van der Waals surface area contributed by atoms with Crippen molar-refractivity contribution in [2.75, 3.05) is 0 Å². The molecule has 74 valence electrons. The maximum Gasteiger partial charge on any atom is 0.152 e. The molecule has 0 aromatic rings. The van der Waals surface area contributed by atoms with Gasteiger partial charge in [-0.05, 0) is 25.8 Å². The van der Waals surface area contributed by atoms with Crippen molar-refractivity contribution in [1.29, 1.82) is 0 Å². The van der Waals surface area contributed by atoms with Gasteiger partial charge in [-0.1, -0.05) is 25.8 Å². The summed E-state index contributed by atoms with van der Waals surface area (Å²) in [6, 6.07) is 0. The van der Waals surface area contributed by atoms with E-state index in [1.165, 1.54) is 19.3 Å². The Morgan fingerprint density at radius 3 is 2.25 bits per heavy atom. The molecule has 0 aromatic heterocycles. The van der Waals surface area contributed by atoms with E-state index in [-0.39, 0.29) is 30.6 Å². The minimum atomic E-state index is 0. The zero-order valence-electron chi connectivity index (χ0n) is 7.71. The van der Waals surface area contributed by atoms with Crippen molar-refractivity contribution >= 4 is 30.6 Å². The number of carbonyl (C=O) groups excluding carboxylic acids is 1. The Hall–Kier alpha value is -0.0100. The first kappa shape index (κ1) is 17.9. The van der Waals surface area contributed by atoms with Crippen LogP contribution >= 0.6 is 24.8 Å². The van der Waals surface area contributed by atoms with Gasteiger partial charge in [0.15, 0.2) is 5.78 Å². The summed E-state index contributed by atoms with van der Waals surface area (Å²) in [4.78, 5) is 10.4. The van der Waals surface area contributed by atoms with E-state index in [0.717, 1.165) is 6.42 Å². The number of ketones is 1. The van der Waals surface area contributed by atoms with E-state index in [0.29, 0.717) is 0 Å². The minimum absolute atomic E-state index is 0. The Labute approximate surface area is 87.4 Å². The topological polar surface area (TPSA) is 17.1 Å². The van der Waals surface area contributed by atoms with Gasteiger partial charge >= 0.3 is 0 Å². The molecule has 0 rings (SSSR count). The second-order valence-corrected chi connectivity index (χ2v) is 2.51. The van der Waals surface area contributed by atoms with Crippen molar-refractivity contribution < 1.29 is 4.79 Å². The highest BCUT2D eigenvalue weighted by atomic mass is 35.5. The van der Waals surface area contributed by atoms with Crippen LogP contribution in [0, 0.1) is 0 Å². The van der Waals surface area contributed by atoms with E-state index in [1.54, 1.807) is 13.0 Å². The van der Waals surface area contributed by atoms with Crippen LogP contribution in [0.4, 0.5) is 0 Å². The summed E-state index contributed by atoms with van der Waals surface area (Å²) in [7, 11) is 0. The highest BCUT2D eigenvalue weighted by Crippen LogP contribution is 1.99. The molecular formula is C9H18Cl2O. The monoisotopic (exact) mass is 212 g/mol. The van der Waals surface area contributed by atoms with Gasteiger partial charge < -0.3 is 0 Å². The van der Waals surface area contributed by atoms with E-state index in [2.05, 4.69) is 6.92 Å². The second-order valence-electron chi connectivity index (χ2n) is 2.51. The fourth-order valence-corrected chi connectivity index (χ4v) is 0.761. The Morgan fingerprint density at radius 1 is 1.25 bits per heavy atom. The van der Waals surface area contributed by atoms with Gasteiger partial charge in [-0.15, -0.1) is 24.8 Å². The second kappa shape index (κ2) is 13.6. The standard InChI is InChI=1S/C9H16O.2ClH/c1-3-4-5-6-7-8-9(2)10;;/h7-8H,3-6H2,1-2H3;2*1H. The first-order valence-corrected chi connectivity index (χ1v) is 3.94. The van der Waals surface area contributed by atoms with Crippen LogP contribution < -0.4 is 0 Å². The third-order valence-corrected chi connectivity index (χ3v) is 1.33. The predicted octanol–water partition coefficient (Wildman–Crippen LogP) is 3.56. The first-order chi connectivity index (χ1) is 4.77. The van der Waals surface area contributed by atoms with Crippen LogP contribution in [0.5, 0.6) is 0 Å². The van der Waals surface area contributed by atoms with Crippen molar-refractivity contribution in [3.05, 3.63) is 12.2 Å². The molecule has 0 amide bonds. The fraction of sp³-hybridized carbons (Fsp3) is 0.667. The molecule has 0 unspecified atom stereocenters. The number of rotatable bonds is 5. The third-order valence-electron chi connectivity index (χ3n) is 1.33. The van der Waals surface area contributed by atoms with Crippen LogP contribution in [0.25, 0.3) is 0 Å². The van der Waals surface area contributed by atoms with Crippen LogP contribution in [-0.2, 0) is 4.79 Å². The molecule has 0 saturated carbocycles. The van der Waals surface area contributed by atoms with Gasteiger partial charge in [-0.2, -0.15) is 0 Å². The van der Waals surface area contributed by atoms with Gasteiger partial charge in [0.25, 0.3) is 0 Å². The van der Waals surface area contributed by atoms with Crippen molar-refractivity contribution in [3.8, 4) is 0 Å². The Bertz CT molecular complexity index is 122. The van der Waals surface area contributed by atoms with Crippen LogP contribution in [0.1, 0.15) is 39.5 Å². The summed E-state index contributed by atoms with van der Waals surface area (Å²) in [6.45, 7) is 3.75. The highest BCUT2D eigenvalue weighted by molar-refractivity contribution is 5.87. The predicted molar refractivity (Wildman–Crippen MR) is 58.5 cm³/mol. The average molecular weight is 213 g/mol. The van der Waals surface area contributed by atoms with Crippen molar-refractivity contribution in [2.45, 2.75) is 39.5 Å². The summed E-state index contributed by atoms with van der Waals surface area (Å²) < 4.78 is 0. The molecule has 0 atom stereocenters. The lowest BCUT2D eigenvalue weighted by Gasteiger charge is -1.89. The molecule has 0 aliphatic rings. The molecule has 3 heteroatoms. The van der Waals surface area contributed by atoms with Crippen molar-refractivity contribution in [3.63, 3.8) is 0 Å². The lowest BCUT2D eigenvalue weighted by atomic mass is 10.2. The number of hydrogen-bond donors (Lipinski definition) is 0. The van der Waals surface area contributed by atoms with Crippen LogP contribution in [0.3, 0.4) is 0 Å². The van der Waals surface area contributed by atoms with Gasteiger partial charge in [0, 0.05) is 0 Å². The maximum atomic E-state index is 10.4. The SMILES string of the molecule is CCCCCC=CC(C)=O.Cl.Cl. The first-order valence-electron chi connectivity index (χ1n) is 3.94. The molecule has 0 saturated heterocycles. The van der Waals surface area contributed by atoms with Crippen LogP contribution in [0.2, 0.25) is 0 Å². The van der Waals surface area contributed by atoms with Gasteiger partial charge in [0.1, 0.15) is 0 Å². The molecule has 0 bridgehead atoms. The van der Waals surface area contributed by atoms with Crippen LogP contribution in [0.15, 0.2) is 12.2 Å². The van der Waals surface area contributed by atoms with Crippen molar-refractivity contribution in [2.24, 2.45) is 0 Å². The Balaban J connectivity index is -0.000000405. The molecule has 0 aromatic carbocycles. The molecule has 0 heterocycles. The van der Waals surface area contributed by atoms with Crippen molar-refractivity contribution in [1.82, 2.24) is 0 Å². The molecule has 0 spiro atoms. The Morgan fingerprint density at radius 2 is 1.83 bits per heavy atom. The van der Waals surface area contributed by atoms with Gasteiger partial charge in [0.2, 0.25) is 0 Å². The molecule has 12 heavy (non-hydrogen) atoms. The molecule has 0 aliphatic carbocycles. The quantitative estimate of drug-likeness (QED) is 0.504. The van der Waals surface area contributed by atoms with E-state index < -0.39 is 0 Å². The Kier molecular flexibility index (Phi) is 20.3. The van der Waals surface area contributed by atoms with Gasteiger partial charge in [-0.3, -0.25) is 4.79 Å². The highest BCUT2D eigenvalue weighted by Gasteiger charge is 1.83. The summed E-state index contributed by atoms with van der Waals surface area (Å²) in [6.07, 6.45) is 8.37. The maximum absolute atomic E-state index is 10.4. The van der Waals surface area contributed by atoms with Gasteiger partial charge in [0.05, 0.1) is 0 Å². The van der Waals surface area contributed by atoms with E-state index >= 15 is 0 Å². The number of halogens is 2.